The molecule has 3 rings (SSSR count). The van der Waals surface area contributed by atoms with Crippen LogP contribution in [0, 0.1) is 0 Å². The van der Waals surface area contributed by atoms with Gasteiger partial charge in [-0.05, 0) is 36.7 Å². The molecule has 0 fully saturated rings. The van der Waals surface area contributed by atoms with Gasteiger partial charge in [0.2, 0.25) is 5.95 Å². The van der Waals surface area contributed by atoms with Gasteiger partial charge in [0.1, 0.15) is 0 Å². The van der Waals surface area contributed by atoms with E-state index in [4.69, 9.17) is 0 Å². The van der Waals surface area contributed by atoms with Crippen molar-refractivity contribution in [1.29, 1.82) is 0 Å². The lowest BCUT2D eigenvalue weighted by molar-refractivity contribution is 0.298. The Kier molecular flexibility index (Phi) is 9.02. The maximum absolute atomic E-state index is 11.3. The minimum Gasteiger partial charge on any atom is -0.356 e. The molecule has 1 N–H and O–H groups in total. The average molecular weight is 414 g/mol. The minimum absolute atomic E-state index is 0.612. The summed E-state index contributed by atoms with van der Waals surface area (Å²) in [6.07, 6.45) is 5.41. The number of allylic oxidation sites excluding steroid dienone is 1. The Labute approximate surface area is 176 Å². The summed E-state index contributed by atoms with van der Waals surface area (Å²) in [4.78, 5) is 6.85. The third-order valence-electron chi connectivity index (χ3n) is 4.40. The summed E-state index contributed by atoms with van der Waals surface area (Å²) >= 11 is 0. The van der Waals surface area contributed by atoms with Gasteiger partial charge in [-0.2, -0.15) is 4.98 Å². The van der Waals surface area contributed by atoms with Gasteiger partial charge in [0, 0.05) is 54.7 Å². The van der Waals surface area contributed by atoms with Gasteiger partial charge in [0.15, 0.2) is 5.65 Å². The zero-order valence-electron chi connectivity index (χ0n) is 17.8. The van der Waals surface area contributed by atoms with Gasteiger partial charge in [-0.3, -0.25) is 9.11 Å². The third kappa shape index (κ3) is 6.51. The van der Waals surface area contributed by atoms with E-state index < -0.39 is 10.8 Å². The van der Waals surface area contributed by atoms with Crippen LogP contribution in [0.25, 0.3) is 16.8 Å². The van der Waals surface area contributed by atoms with Gasteiger partial charge in [0.25, 0.3) is 0 Å². The van der Waals surface area contributed by atoms with Gasteiger partial charge in [-0.15, -0.1) is 11.7 Å². The second kappa shape index (κ2) is 11.5. The van der Waals surface area contributed by atoms with E-state index in [1.54, 1.807) is 16.8 Å². The van der Waals surface area contributed by atoms with Crippen LogP contribution in [0.2, 0.25) is 0 Å². The fourth-order valence-corrected chi connectivity index (χ4v) is 3.41. The SMILES string of the molecule is C=CC.CCN(CCS(C)=O)Cc1ccc(-c2cccn3nc(NC)nc23)cc1. The molecule has 0 aliphatic carbocycles. The number of hydrogen-bond acceptors (Lipinski definition) is 5. The van der Waals surface area contributed by atoms with Crippen LogP contribution in [0.1, 0.15) is 19.4 Å². The standard InChI is InChI=1S/C19H25N5OS.C3H6/c1-4-23(12-13-26(3)25)14-15-7-9-16(10-8-15)17-6-5-11-24-18(17)21-19(20-2)22-24;1-3-2/h5-11H,4,12-14H2,1-3H3,(H,20,22);3H,1H2,2H3. The van der Waals surface area contributed by atoms with Crippen molar-refractivity contribution in [2.24, 2.45) is 0 Å². The number of hydrogen-bond donors (Lipinski definition) is 1. The van der Waals surface area contributed by atoms with E-state index in [1.165, 1.54) is 5.56 Å². The number of rotatable bonds is 8. The molecule has 1 unspecified atom stereocenters. The van der Waals surface area contributed by atoms with E-state index in [-0.39, 0.29) is 0 Å². The highest BCUT2D eigenvalue weighted by Gasteiger charge is 2.10. The lowest BCUT2D eigenvalue weighted by Gasteiger charge is -2.20. The number of benzene rings is 1. The number of anilines is 1. The van der Waals surface area contributed by atoms with Crippen LogP contribution >= 0.6 is 0 Å². The second-order valence-electron chi connectivity index (χ2n) is 6.63. The maximum Gasteiger partial charge on any atom is 0.242 e. The van der Waals surface area contributed by atoms with Crippen LogP contribution in [0.4, 0.5) is 5.95 Å². The molecule has 0 aliphatic rings. The molecule has 1 aromatic carbocycles. The molecule has 0 bridgehead atoms. The molecule has 0 amide bonds. The van der Waals surface area contributed by atoms with Crippen molar-refractivity contribution in [2.45, 2.75) is 20.4 Å². The van der Waals surface area contributed by atoms with E-state index in [2.05, 4.69) is 64.1 Å². The summed E-state index contributed by atoms with van der Waals surface area (Å²) in [5.74, 6) is 1.33. The highest BCUT2D eigenvalue weighted by atomic mass is 32.2. The van der Waals surface area contributed by atoms with Crippen LogP contribution in [0.5, 0.6) is 0 Å². The molecular formula is C22H31N5OS. The zero-order chi connectivity index (χ0) is 21.2. The molecule has 0 saturated heterocycles. The van der Waals surface area contributed by atoms with E-state index in [1.807, 2.05) is 26.2 Å². The molecule has 0 saturated carbocycles. The molecule has 7 heteroatoms. The largest absolute Gasteiger partial charge is 0.356 e. The molecule has 0 aliphatic heterocycles. The van der Waals surface area contributed by atoms with Crippen LogP contribution in [0.15, 0.2) is 55.3 Å². The number of pyridine rings is 1. The van der Waals surface area contributed by atoms with Crippen LogP contribution in [-0.4, -0.2) is 55.9 Å². The molecule has 2 aromatic heterocycles. The van der Waals surface area contributed by atoms with Crippen molar-refractivity contribution in [3.05, 3.63) is 60.8 Å². The predicted molar refractivity (Wildman–Crippen MR) is 124 cm³/mol. The Bertz CT molecular complexity index is 936. The summed E-state index contributed by atoms with van der Waals surface area (Å²) in [7, 11) is 1.07. The first kappa shape index (κ1) is 22.8. The number of nitrogens with one attached hydrogen (secondary N) is 1. The summed E-state index contributed by atoms with van der Waals surface area (Å²) < 4.78 is 13.1. The van der Waals surface area contributed by atoms with Crippen molar-refractivity contribution in [1.82, 2.24) is 19.5 Å². The monoisotopic (exact) mass is 413 g/mol. The van der Waals surface area contributed by atoms with Crippen molar-refractivity contribution in [2.75, 3.05) is 37.5 Å². The lowest BCUT2D eigenvalue weighted by atomic mass is 10.0. The fraction of sp³-hybridized carbons (Fsp3) is 0.364. The summed E-state index contributed by atoms with van der Waals surface area (Å²) in [5, 5.41) is 7.36. The predicted octanol–water partition coefficient (Wildman–Crippen LogP) is 3.83. The number of aromatic nitrogens is 3. The molecule has 3 aromatic rings. The van der Waals surface area contributed by atoms with Crippen molar-refractivity contribution in [3.8, 4) is 11.1 Å². The van der Waals surface area contributed by atoms with E-state index in [9.17, 15) is 4.21 Å². The summed E-state index contributed by atoms with van der Waals surface area (Å²) in [6, 6.07) is 12.6. The highest BCUT2D eigenvalue weighted by molar-refractivity contribution is 7.84. The van der Waals surface area contributed by atoms with Gasteiger partial charge < -0.3 is 5.32 Å². The average Bonchev–Trinajstić information content (AvgIpc) is 3.15. The smallest absolute Gasteiger partial charge is 0.242 e. The Morgan fingerprint density at radius 2 is 1.97 bits per heavy atom. The van der Waals surface area contributed by atoms with Gasteiger partial charge in [-0.1, -0.05) is 37.3 Å². The van der Waals surface area contributed by atoms with E-state index >= 15 is 0 Å². The molecule has 29 heavy (non-hydrogen) atoms. The van der Waals surface area contributed by atoms with Crippen molar-refractivity contribution >= 4 is 22.4 Å². The second-order valence-corrected chi connectivity index (χ2v) is 8.18. The normalized spacial score (nSPS) is 11.8. The first-order valence-corrected chi connectivity index (χ1v) is 11.5. The Morgan fingerprint density at radius 3 is 2.55 bits per heavy atom. The zero-order valence-corrected chi connectivity index (χ0v) is 18.6. The Balaban J connectivity index is 0.000000941. The fourth-order valence-electron chi connectivity index (χ4n) is 2.89. The van der Waals surface area contributed by atoms with Crippen molar-refractivity contribution in [3.63, 3.8) is 0 Å². The molecule has 156 valence electrons. The maximum atomic E-state index is 11.3. The van der Waals surface area contributed by atoms with E-state index in [0.29, 0.717) is 11.7 Å². The number of fused-ring (bicyclic) bond motifs is 1. The van der Waals surface area contributed by atoms with Crippen LogP contribution in [-0.2, 0) is 17.3 Å². The Hall–Kier alpha value is -2.51. The van der Waals surface area contributed by atoms with E-state index in [0.717, 1.165) is 36.4 Å². The first-order valence-electron chi connectivity index (χ1n) is 9.74. The number of nitrogens with zero attached hydrogens (tertiary/aromatic N) is 4. The quantitative estimate of drug-likeness (QED) is 0.569. The van der Waals surface area contributed by atoms with Crippen molar-refractivity contribution < 1.29 is 4.21 Å². The summed E-state index contributed by atoms with van der Waals surface area (Å²) in [6.45, 7) is 10.1. The highest BCUT2D eigenvalue weighted by Crippen LogP contribution is 2.24. The molecule has 1 atom stereocenters. The summed E-state index contributed by atoms with van der Waals surface area (Å²) in [5.41, 5.74) is 4.26. The molecule has 6 nitrogen and oxygen atoms in total. The lowest BCUT2D eigenvalue weighted by Crippen LogP contribution is -2.27. The topological polar surface area (TPSA) is 62.5 Å². The molecule has 2 heterocycles. The minimum atomic E-state index is -0.749. The first-order chi connectivity index (χ1) is 14.0. The molecule has 0 spiro atoms. The third-order valence-corrected chi connectivity index (χ3v) is 5.16. The van der Waals surface area contributed by atoms with Gasteiger partial charge >= 0.3 is 0 Å². The molecule has 0 radical (unpaired) electrons. The molecular weight excluding hydrogens is 382 g/mol. The van der Waals surface area contributed by atoms with Gasteiger partial charge in [0.05, 0.1) is 0 Å². The van der Waals surface area contributed by atoms with Gasteiger partial charge in [-0.25, -0.2) is 4.52 Å². The Morgan fingerprint density at radius 1 is 1.28 bits per heavy atom. The van der Waals surface area contributed by atoms with Crippen LogP contribution in [0.3, 0.4) is 0 Å². The van der Waals surface area contributed by atoms with Crippen LogP contribution < -0.4 is 5.32 Å².